The molecule has 2 aliphatic carbocycles. The molecule has 180 valence electrons. The number of fused-ring (bicyclic) bond motifs is 12. The van der Waals surface area contributed by atoms with E-state index in [9.17, 15) is 0 Å². The maximum absolute atomic E-state index is 6.62. The van der Waals surface area contributed by atoms with Crippen molar-refractivity contribution in [3.8, 4) is 21.6 Å². The quantitative estimate of drug-likeness (QED) is 0.218. The lowest BCUT2D eigenvalue weighted by molar-refractivity contribution is 0.00578. The molecular formula is C33H27BO2S. The zero-order valence-electron chi connectivity index (χ0n) is 21.5. The molecule has 0 saturated carbocycles. The van der Waals surface area contributed by atoms with E-state index in [2.05, 4.69) is 119 Å². The van der Waals surface area contributed by atoms with Crippen molar-refractivity contribution in [3.05, 3.63) is 113 Å². The Bertz CT molecular complexity index is 1750. The van der Waals surface area contributed by atoms with E-state index in [1.54, 1.807) is 0 Å². The highest BCUT2D eigenvalue weighted by Gasteiger charge is 2.57. The van der Waals surface area contributed by atoms with E-state index in [1.807, 2.05) is 11.3 Å². The highest BCUT2D eigenvalue weighted by molar-refractivity contribution is 7.22. The van der Waals surface area contributed by atoms with Crippen LogP contribution in [0.4, 0.5) is 0 Å². The van der Waals surface area contributed by atoms with Gasteiger partial charge in [-0.05, 0) is 83.6 Å². The Hall–Kier alpha value is -3.18. The maximum atomic E-state index is 6.62. The van der Waals surface area contributed by atoms with Crippen LogP contribution in [0.1, 0.15) is 49.9 Å². The minimum atomic E-state index is -0.418. The second-order valence-corrected chi connectivity index (χ2v) is 12.6. The van der Waals surface area contributed by atoms with E-state index in [0.717, 1.165) is 5.46 Å². The first kappa shape index (κ1) is 21.9. The predicted octanol–water partition coefficient (Wildman–Crippen LogP) is 7.54. The molecule has 8 rings (SSSR count). The van der Waals surface area contributed by atoms with Crippen LogP contribution in [0.2, 0.25) is 0 Å². The SMILES string of the molecule is CC1(C)OB(c2cccc3c2-c2ccccc2C32c3ccccc3-c3sc4ccccc4c32)OC1(C)C. The van der Waals surface area contributed by atoms with Crippen molar-refractivity contribution < 1.29 is 9.31 Å². The van der Waals surface area contributed by atoms with Gasteiger partial charge < -0.3 is 9.31 Å². The Morgan fingerprint density at radius 3 is 1.97 bits per heavy atom. The predicted molar refractivity (Wildman–Crippen MR) is 154 cm³/mol. The van der Waals surface area contributed by atoms with Crippen molar-refractivity contribution in [1.82, 2.24) is 0 Å². The van der Waals surface area contributed by atoms with Crippen LogP contribution in [0.5, 0.6) is 0 Å². The summed E-state index contributed by atoms with van der Waals surface area (Å²) in [6, 6.07) is 33.6. The molecule has 3 aliphatic rings. The lowest BCUT2D eigenvalue weighted by Crippen LogP contribution is -2.41. The average Bonchev–Trinajstić information content (AvgIpc) is 3.56. The van der Waals surface area contributed by atoms with Gasteiger partial charge in [-0.25, -0.2) is 0 Å². The maximum Gasteiger partial charge on any atom is 0.495 e. The van der Waals surface area contributed by atoms with E-state index in [4.69, 9.17) is 9.31 Å². The number of hydrogen-bond donors (Lipinski definition) is 0. The standard InChI is InChI=1S/C33H27BO2S/c1-31(2)32(3,4)36-34(35-31)26-18-11-17-25-28(26)20-12-5-8-15-23(20)33(25)24-16-9-6-13-21(24)30-29(33)22-14-7-10-19-27(22)37-30/h5-19H,1-4H3. The molecule has 1 aliphatic heterocycles. The summed E-state index contributed by atoms with van der Waals surface area (Å²) in [7, 11) is -0.418. The third-order valence-corrected chi connectivity index (χ3v) is 10.4. The van der Waals surface area contributed by atoms with Crippen molar-refractivity contribution in [3.63, 3.8) is 0 Å². The number of thiophene rings is 1. The molecule has 4 heteroatoms. The molecule has 1 saturated heterocycles. The fourth-order valence-corrected chi connectivity index (χ4v) is 8.13. The summed E-state index contributed by atoms with van der Waals surface area (Å²) in [5.41, 5.74) is 9.32. The molecule has 1 atom stereocenters. The van der Waals surface area contributed by atoms with E-state index in [-0.39, 0.29) is 5.41 Å². The summed E-state index contributed by atoms with van der Waals surface area (Å²) in [5.74, 6) is 0. The first-order valence-corrected chi connectivity index (χ1v) is 13.9. The van der Waals surface area contributed by atoms with E-state index in [1.165, 1.54) is 53.9 Å². The van der Waals surface area contributed by atoms with Gasteiger partial charge in [-0.15, -0.1) is 11.3 Å². The Morgan fingerprint density at radius 2 is 1.22 bits per heavy atom. The molecule has 0 amide bonds. The summed E-state index contributed by atoms with van der Waals surface area (Å²) in [6.07, 6.45) is 0. The van der Waals surface area contributed by atoms with Gasteiger partial charge >= 0.3 is 7.12 Å². The zero-order valence-corrected chi connectivity index (χ0v) is 22.3. The topological polar surface area (TPSA) is 18.5 Å². The van der Waals surface area contributed by atoms with E-state index < -0.39 is 18.3 Å². The van der Waals surface area contributed by atoms with Gasteiger partial charge in [-0.2, -0.15) is 0 Å². The van der Waals surface area contributed by atoms with Crippen molar-refractivity contribution in [2.45, 2.75) is 44.3 Å². The molecule has 2 heterocycles. The second-order valence-electron chi connectivity index (χ2n) is 11.5. The third-order valence-electron chi connectivity index (χ3n) is 9.15. The van der Waals surface area contributed by atoms with E-state index in [0.29, 0.717) is 0 Å². The molecule has 0 bridgehead atoms. The largest absolute Gasteiger partial charge is 0.495 e. The molecule has 0 N–H and O–H groups in total. The van der Waals surface area contributed by atoms with Gasteiger partial charge in [0.2, 0.25) is 0 Å². The van der Waals surface area contributed by atoms with Gasteiger partial charge in [0.1, 0.15) is 0 Å². The van der Waals surface area contributed by atoms with Crippen LogP contribution in [0.25, 0.3) is 31.7 Å². The lowest BCUT2D eigenvalue weighted by atomic mass is 9.68. The van der Waals surface area contributed by atoms with Gasteiger partial charge in [0.25, 0.3) is 0 Å². The molecular weight excluding hydrogens is 471 g/mol. The van der Waals surface area contributed by atoms with Crippen LogP contribution in [0.3, 0.4) is 0 Å². The number of rotatable bonds is 1. The molecule has 1 unspecified atom stereocenters. The first-order chi connectivity index (χ1) is 17.8. The molecule has 1 aromatic heterocycles. The minimum Gasteiger partial charge on any atom is -0.399 e. The summed E-state index contributed by atoms with van der Waals surface area (Å²) < 4.78 is 14.6. The highest BCUT2D eigenvalue weighted by Crippen LogP contribution is 2.65. The van der Waals surface area contributed by atoms with Gasteiger partial charge in [-0.3, -0.25) is 0 Å². The molecule has 0 radical (unpaired) electrons. The van der Waals surface area contributed by atoms with Crippen molar-refractivity contribution in [2.24, 2.45) is 0 Å². The van der Waals surface area contributed by atoms with Crippen LogP contribution in [-0.4, -0.2) is 18.3 Å². The van der Waals surface area contributed by atoms with E-state index >= 15 is 0 Å². The Balaban J connectivity index is 1.50. The van der Waals surface area contributed by atoms with Crippen LogP contribution in [0.15, 0.2) is 91.0 Å². The van der Waals surface area contributed by atoms with Crippen LogP contribution in [-0.2, 0) is 14.7 Å². The summed E-state index contributed by atoms with van der Waals surface area (Å²) in [6.45, 7) is 8.51. The van der Waals surface area contributed by atoms with Crippen molar-refractivity contribution in [1.29, 1.82) is 0 Å². The summed E-state index contributed by atoms with van der Waals surface area (Å²) in [4.78, 5) is 1.39. The molecule has 2 nitrogen and oxygen atoms in total. The number of benzene rings is 4. The molecule has 4 aromatic carbocycles. The summed E-state index contributed by atoms with van der Waals surface area (Å²) in [5, 5.41) is 1.35. The Kier molecular flexibility index (Phi) is 4.15. The lowest BCUT2D eigenvalue weighted by Gasteiger charge is -2.32. The molecule has 37 heavy (non-hydrogen) atoms. The minimum absolute atomic E-state index is 0.364. The Morgan fingerprint density at radius 1 is 0.622 bits per heavy atom. The van der Waals surface area contributed by atoms with Crippen LogP contribution in [0, 0.1) is 0 Å². The van der Waals surface area contributed by atoms with Gasteiger partial charge in [-0.1, -0.05) is 84.9 Å². The third kappa shape index (κ3) is 2.54. The van der Waals surface area contributed by atoms with Gasteiger partial charge in [0, 0.05) is 9.58 Å². The molecule has 1 fully saturated rings. The van der Waals surface area contributed by atoms with Crippen LogP contribution >= 0.6 is 11.3 Å². The fourth-order valence-electron chi connectivity index (χ4n) is 6.83. The van der Waals surface area contributed by atoms with Crippen LogP contribution < -0.4 is 5.46 Å². The second kappa shape index (κ2) is 7.02. The molecule has 5 aromatic rings. The zero-order chi connectivity index (χ0) is 25.2. The highest BCUT2D eigenvalue weighted by atomic mass is 32.1. The van der Waals surface area contributed by atoms with Gasteiger partial charge in [0.15, 0.2) is 0 Å². The van der Waals surface area contributed by atoms with Gasteiger partial charge in [0.05, 0.1) is 16.6 Å². The monoisotopic (exact) mass is 498 g/mol. The van der Waals surface area contributed by atoms with Crippen molar-refractivity contribution >= 4 is 34.0 Å². The Labute approximate surface area is 222 Å². The smallest absolute Gasteiger partial charge is 0.399 e. The molecule has 1 spiro atoms. The summed E-state index contributed by atoms with van der Waals surface area (Å²) >= 11 is 1.92. The average molecular weight is 498 g/mol. The normalized spacial score (nSPS) is 21.8. The first-order valence-electron chi connectivity index (χ1n) is 13.1. The van der Waals surface area contributed by atoms with Crippen molar-refractivity contribution in [2.75, 3.05) is 0 Å². The number of hydrogen-bond acceptors (Lipinski definition) is 3. The fraction of sp³-hybridized carbons (Fsp3) is 0.212.